The van der Waals surface area contributed by atoms with Crippen LogP contribution in [0, 0.1) is 12.7 Å². The molecule has 0 saturated carbocycles. The van der Waals surface area contributed by atoms with Crippen molar-refractivity contribution < 1.29 is 9.18 Å². The summed E-state index contributed by atoms with van der Waals surface area (Å²) in [5.41, 5.74) is 8.82. The third kappa shape index (κ3) is 2.80. The average Bonchev–Trinajstić information content (AvgIpc) is 2.99. The number of carbonyl (C=O) groups excluding carboxylic acids is 1. The molecule has 1 amide bonds. The van der Waals surface area contributed by atoms with Crippen LogP contribution in [0.25, 0.3) is 10.8 Å². The fourth-order valence-electron chi connectivity index (χ4n) is 5.02. The molecule has 5 heteroatoms. The summed E-state index contributed by atoms with van der Waals surface area (Å²) in [6.45, 7) is 4.50. The second-order valence-corrected chi connectivity index (χ2v) is 8.65. The van der Waals surface area contributed by atoms with E-state index in [9.17, 15) is 9.18 Å². The number of hydrogen-bond acceptors (Lipinski definition) is 2. The predicted molar refractivity (Wildman–Crippen MR) is 117 cm³/mol. The van der Waals surface area contributed by atoms with Crippen molar-refractivity contribution in [2.75, 3.05) is 6.54 Å². The molecule has 2 aliphatic rings. The number of nitrogens with zero attached hydrogens (tertiary/aromatic N) is 2. The molecular weight excluding hydrogens is 377 g/mol. The minimum atomic E-state index is -0.465. The predicted octanol–water partition coefficient (Wildman–Crippen LogP) is 4.74. The summed E-state index contributed by atoms with van der Waals surface area (Å²) >= 11 is 0. The second-order valence-electron chi connectivity index (χ2n) is 8.65. The van der Waals surface area contributed by atoms with E-state index >= 15 is 0 Å². The first-order valence-corrected chi connectivity index (χ1v) is 10.3. The van der Waals surface area contributed by atoms with Gasteiger partial charge in [-0.15, -0.1) is 0 Å². The van der Waals surface area contributed by atoms with E-state index in [1.807, 2.05) is 42.2 Å². The van der Waals surface area contributed by atoms with Crippen LogP contribution in [0.1, 0.15) is 52.9 Å². The number of carbonyl (C=O) groups is 1. The minimum absolute atomic E-state index is 0.0332. The average molecular weight is 401 g/mol. The van der Waals surface area contributed by atoms with E-state index in [1.54, 1.807) is 6.07 Å². The van der Waals surface area contributed by atoms with E-state index in [1.165, 1.54) is 6.07 Å². The summed E-state index contributed by atoms with van der Waals surface area (Å²) in [5, 5.41) is 2.07. The van der Waals surface area contributed by atoms with Gasteiger partial charge in [-0.1, -0.05) is 48.5 Å². The van der Waals surface area contributed by atoms with Gasteiger partial charge in [0.2, 0.25) is 0 Å². The molecule has 2 N–H and O–H groups in total. The zero-order chi connectivity index (χ0) is 21.0. The Morgan fingerprint density at radius 2 is 1.97 bits per heavy atom. The molecule has 0 aliphatic carbocycles. The Bertz CT molecular complexity index is 1200. The van der Waals surface area contributed by atoms with Crippen LogP contribution in [0.15, 0.2) is 59.6 Å². The number of rotatable bonds is 2. The Morgan fingerprint density at radius 3 is 2.77 bits per heavy atom. The zero-order valence-electron chi connectivity index (χ0n) is 17.2. The summed E-state index contributed by atoms with van der Waals surface area (Å²) in [5.74, 6) is -0.0366. The highest BCUT2D eigenvalue weighted by Crippen LogP contribution is 2.46. The summed E-state index contributed by atoms with van der Waals surface area (Å²) in [6, 6.07) is 17.0. The molecule has 0 radical (unpaired) electrons. The molecule has 3 aromatic rings. The normalized spacial score (nSPS) is 23.6. The molecule has 2 unspecified atom stereocenters. The van der Waals surface area contributed by atoms with Gasteiger partial charge >= 0.3 is 0 Å². The van der Waals surface area contributed by atoms with Gasteiger partial charge < -0.3 is 10.6 Å². The zero-order valence-corrected chi connectivity index (χ0v) is 17.2. The molecule has 5 rings (SSSR count). The van der Waals surface area contributed by atoms with E-state index in [2.05, 4.69) is 19.1 Å². The largest absolute Gasteiger partial charge is 0.383 e. The van der Waals surface area contributed by atoms with E-state index in [4.69, 9.17) is 10.7 Å². The van der Waals surface area contributed by atoms with Crippen LogP contribution in [0.4, 0.5) is 4.39 Å². The second kappa shape index (κ2) is 6.66. The van der Waals surface area contributed by atoms with Crippen LogP contribution >= 0.6 is 0 Å². The minimum Gasteiger partial charge on any atom is -0.383 e. The van der Waals surface area contributed by atoms with Crippen molar-refractivity contribution in [3.63, 3.8) is 0 Å². The molecule has 30 heavy (non-hydrogen) atoms. The Labute approximate surface area is 175 Å². The molecule has 0 bridgehead atoms. The van der Waals surface area contributed by atoms with Crippen LogP contribution in [-0.4, -0.2) is 28.7 Å². The Hall–Kier alpha value is -3.21. The first kappa shape index (κ1) is 18.8. The number of halogens is 1. The Balaban J connectivity index is 1.54. The van der Waals surface area contributed by atoms with Crippen molar-refractivity contribution in [3.05, 3.63) is 82.7 Å². The highest BCUT2D eigenvalue weighted by Gasteiger charge is 2.45. The van der Waals surface area contributed by atoms with Gasteiger partial charge in [0.15, 0.2) is 0 Å². The lowest BCUT2D eigenvalue weighted by molar-refractivity contribution is 0.0601. The van der Waals surface area contributed by atoms with Crippen LogP contribution in [0.3, 0.4) is 0 Å². The maximum Gasteiger partial charge on any atom is 0.255 e. The fourth-order valence-corrected chi connectivity index (χ4v) is 5.02. The van der Waals surface area contributed by atoms with Gasteiger partial charge in [0.1, 0.15) is 11.7 Å². The van der Waals surface area contributed by atoms with Crippen LogP contribution < -0.4 is 5.73 Å². The molecule has 4 nitrogen and oxygen atoms in total. The van der Waals surface area contributed by atoms with Gasteiger partial charge in [0.05, 0.1) is 22.7 Å². The SMILES string of the molecule is Cc1cccc(F)c1C(N)=NC1(C)CCN2C(=O)c3c(ccc4ccccc34)C2C1. The number of nitrogens with two attached hydrogens (primary N) is 1. The van der Waals surface area contributed by atoms with Crippen molar-refractivity contribution >= 4 is 22.5 Å². The van der Waals surface area contributed by atoms with E-state index in [0.29, 0.717) is 24.9 Å². The van der Waals surface area contributed by atoms with Crippen LogP contribution in [-0.2, 0) is 0 Å². The Morgan fingerprint density at radius 1 is 1.17 bits per heavy atom. The highest BCUT2D eigenvalue weighted by atomic mass is 19.1. The quantitative estimate of drug-likeness (QED) is 0.498. The molecule has 1 fully saturated rings. The van der Waals surface area contributed by atoms with Crippen LogP contribution in [0.5, 0.6) is 0 Å². The third-order valence-corrected chi connectivity index (χ3v) is 6.56. The maximum atomic E-state index is 14.4. The molecule has 2 atom stereocenters. The first-order valence-electron chi connectivity index (χ1n) is 10.3. The molecule has 3 aromatic carbocycles. The number of amides is 1. The molecule has 2 aliphatic heterocycles. The number of piperidine rings is 1. The topological polar surface area (TPSA) is 58.7 Å². The lowest BCUT2D eigenvalue weighted by Gasteiger charge is -2.40. The fraction of sp³-hybridized carbons (Fsp3) is 0.280. The highest BCUT2D eigenvalue weighted by molar-refractivity contribution is 6.11. The molecule has 152 valence electrons. The van der Waals surface area contributed by atoms with Gasteiger partial charge in [0.25, 0.3) is 5.91 Å². The van der Waals surface area contributed by atoms with Crippen molar-refractivity contribution in [3.8, 4) is 0 Å². The first-order chi connectivity index (χ1) is 14.4. The van der Waals surface area contributed by atoms with Gasteiger partial charge in [0, 0.05) is 6.54 Å². The number of aliphatic imine (C=N–C) groups is 1. The lowest BCUT2D eigenvalue weighted by Crippen LogP contribution is -2.43. The van der Waals surface area contributed by atoms with Gasteiger partial charge in [-0.2, -0.15) is 0 Å². The Kier molecular flexibility index (Phi) is 4.17. The summed E-state index contributed by atoms with van der Waals surface area (Å²) in [6.07, 6.45) is 1.35. The van der Waals surface area contributed by atoms with Crippen molar-refractivity contribution in [2.45, 2.75) is 38.3 Å². The number of benzene rings is 3. The van der Waals surface area contributed by atoms with Crippen molar-refractivity contribution in [2.24, 2.45) is 10.7 Å². The van der Waals surface area contributed by atoms with Gasteiger partial charge in [-0.3, -0.25) is 9.79 Å². The van der Waals surface area contributed by atoms with Crippen molar-refractivity contribution in [1.29, 1.82) is 0 Å². The smallest absolute Gasteiger partial charge is 0.255 e. The van der Waals surface area contributed by atoms with E-state index in [0.717, 1.165) is 27.5 Å². The van der Waals surface area contributed by atoms with E-state index < -0.39 is 5.54 Å². The van der Waals surface area contributed by atoms with Crippen LogP contribution in [0.2, 0.25) is 0 Å². The number of fused-ring (bicyclic) bond motifs is 5. The number of hydrogen-bond donors (Lipinski definition) is 1. The van der Waals surface area contributed by atoms with Gasteiger partial charge in [-0.05, 0) is 54.7 Å². The molecular formula is C25H24FN3O. The summed E-state index contributed by atoms with van der Waals surface area (Å²) in [4.78, 5) is 20.0. The van der Waals surface area contributed by atoms with E-state index in [-0.39, 0.29) is 23.6 Å². The molecule has 0 aromatic heterocycles. The monoisotopic (exact) mass is 401 g/mol. The molecule has 2 heterocycles. The molecule has 0 spiro atoms. The van der Waals surface area contributed by atoms with Gasteiger partial charge in [-0.25, -0.2) is 4.39 Å². The molecule has 1 saturated heterocycles. The third-order valence-electron chi connectivity index (χ3n) is 6.56. The lowest BCUT2D eigenvalue weighted by atomic mass is 9.83. The maximum absolute atomic E-state index is 14.4. The summed E-state index contributed by atoms with van der Waals surface area (Å²) < 4.78 is 14.4. The number of aryl methyl sites for hydroxylation is 1. The number of amidine groups is 1. The summed E-state index contributed by atoms with van der Waals surface area (Å²) in [7, 11) is 0. The standard InChI is InChI=1S/C25H24FN3O/c1-15-6-5-9-19(26)21(15)23(27)28-25(2)12-13-29-20(14-25)18-11-10-16-7-3-4-8-17(16)22(18)24(29)30/h3-11,20H,12-14H2,1-2H3,(H2,27,28). The van der Waals surface area contributed by atoms with Crippen molar-refractivity contribution in [1.82, 2.24) is 4.90 Å².